The highest BCUT2D eigenvalue weighted by molar-refractivity contribution is 9.10. The number of H-pyrrole nitrogens is 1. The Morgan fingerprint density at radius 2 is 1.71 bits per heavy atom. The third-order valence-corrected chi connectivity index (χ3v) is 7.75. The zero-order valence-electron chi connectivity index (χ0n) is 19.6. The molecule has 0 saturated heterocycles. The first kappa shape index (κ1) is 23.5. The molecule has 0 spiro atoms. The fourth-order valence-corrected chi connectivity index (χ4v) is 5.32. The Hall–Kier alpha value is -3.20. The van der Waals surface area contributed by atoms with E-state index < -0.39 is 23.5 Å². The summed E-state index contributed by atoms with van der Waals surface area (Å²) in [6.45, 7) is 4.20. The van der Waals surface area contributed by atoms with Gasteiger partial charge in [-0.05, 0) is 37.1 Å². The van der Waals surface area contributed by atoms with Crippen LogP contribution in [-0.4, -0.2) is 38.1 Å². The second-order valence-electron chi connectivity index (χ2n) is 9.09. The van der Waals surface area contributed by atoms with Crippen molar-refractivity contribution in [3.05, 3.63) is 70.5 Å². The van der Waals surface area contributed by atoms with Crippen LogP contribution in [0.5, 0.6) is 0 Å². The topological polar surface area (TPSA) is 113 Å². The molecule has 35 heavy (non-hydrogen) atoms. The number of carbonyl (C=O) groups is 2. The summed E-state index contributed by atoms with van der Waals surface area (Å²) in [5.74, 6) is -0.867. The molecular weight excluding hydrogens is 508 g/mol. The van der Waals surface area contributed by atoms with E-state index in [9.17, 15) is 14.7 Å². The molecule has 0 fully saturated rings. The van der Waals surface area contributed by atoms with Gasteiger partial charge in [0.15, 0.2) is 0 Å². The van der Waals surface area contributed by atoms with Crippen LogP contribution in [0.2, 0.25) is 0 Å². The van der Waals surface area contributed by atoms with Crippen LogP contribution in [0.1, 0.15) is 37.8 Å². The second-order valence-corrected chi connectivity index (χ2v) is 10.0. The van der Waals surface area contributed by atoms with E-state index >= 15 is 0 Å². The minimum atomic E-state index is -0.786. The first-order chi connectivity index (χ1) is 16.8. The molecule has 0 saturated carbocycles. The Kier molecular flexibility index (Phi) is 5.91. The number of para-hydroxylation sites is 1. The summed E-state index contributed by atoms with van der Waals surface area (Å²) in [6.07, 6.45) is 4.09. The molecule has 2 amide bonds. The standard InChI is InChI=1S/C27H27BrN4O3/c1-3-27(29,4-2)22(33)14-32-13-19(17-11-15(28)9-10-21(17)32)24-23(25(34)31-26(24)35)18-12-30-20-8-6-5-7-16(18)20/h5-13,22,30,33H,3-4,14,29H2,1-2H3,(H,31,34,35). The van der Waals surface area contributed by atoms with Gasteiger partial charge < -0.3 is 20.4 Å². The molecule has 1 aliphatic rings. The molecule has 1 atom stereocenters. The van der Waals surface area contributed by atoms with Crippen molar-refractivity contribution in [2.24, 2.45) is 5.73 Å². The molecule has 0 bridgehead atoms. The van der Waals surface area contributed by atoms with Gasteiger partial charge in [-0.25, -0.2) is 0 Å². The number of aromatic nitrogens is 2. The third kappa shape index (κ3) is 3.82. The number of rotatable bonds is 7. The Labute approximate surface area is 211 Å². The van der Waals surface area contributed by atoms with Crippen molar-refractivity contribution < 1.29 is 14.7 Å². The van der Waals surface area contributed by atoms with Crippen LogP contribution in [0.4, 0.5) is 0 Å². The summed E-state index contributed by atoms with van der Waals surface area (Å²) in [7, 11) is 0. The Morgan fingerprint density at radius 3 is 2.43 bits per heavy atom. The van der Waals surface area contributed by atoms with Gasteiger partial charge >= 0.3 is 0 Å². The SMILES string of the molecule is CCC(N)(CC)C(O)Cn1cc(C2=C(c3c[nH]c4ccccc34)C(=O)NC2=O)c2cc(Br)ccc21. The van der Waals surface area contributed by atoms with Crippen molar-refractivity contribution in [1.29, 1.82) is 0 Å². The van der Waals surface area contributed by atoms with Crippen LogP contribution in [0, 0.1) is 0 Å². The highest BCUT2D eigenvalue weighted by atomic mass is 79.9. The molecule has 0 aliphatic carbocycles. The molecular formula is C27H27BrN4O3. The minimum absolute atomic E-state index is 0.265. The fraction of sp³-hybridized carbons (Fsp3) is 0.259. The van der Waals surface area contributed by atoms with Crippen LogP contribution < -0.4 is 11.1 Å². The number of aromatic amines is 1. The number of nitrogens with two attached hydrogens (primary N) is 1. The van der Waals surface area contributed by atoms with E-state index in [1.165, 1.54) is 0 Å². The van der Waals surface area contributed by atoms with E-state index in [2.05, 4.69) is 26.2 Å². The molecule has 5 rings (SSSR count). The van der Waals surface area contributed by atoms with Gasteiger partial charge in [0.2, 0.25) is 0 Å². The smallest absolute Gasteiger partial charge is 0.259 e. The van der Waals surface area contributed by atoms with Gasteiger partial charge in [0.1, 0.15) is 0 Å². The van der Waals surface area contributed by atoms with Crippen LogP contribution in [-0.2, 0) is 16.1 Å². The summed E-state index contributed by atoms with van der Waals surface area (Å²) < 4.78 is 2.77. The van der Waals surface area contributed by atoms with E-state index in [0.29, 0.717) is 35.1 Å². The van der Waals surface area contributed by atoms with Crippen LogP contribution in [0.3, 0.4) is 0 Å². The number of benzene rings is 2. The molecule has 4 aromatic rings. The van der Waals surface area contributed by atoms with E-state index in [-0.39, 0.29) is 6.54 Å². The summed E-state index contributed by atoms with van der Waals surface area (Å²) in [4.78, 5) is 29.4. The summed E-state index contributed by atoms with van der Waals surface area (Å²) in [5.41, 5.74) is 9.44. The van der Waals surface area contributed by atoms with Gasteiger partial charge in [-0.2, -0.15) is 0 Å². The number of hydrogen-bond acceptors (Lipinski definition) is 4. The van der Waals surface area contributed by atoms with Gasteiger partial charge in [0.05, 0.1) is 23.8 Å². The van der Waals surface area contributed by atoms with Crippen molar-refractivity contribution >= 4 is 60.7 Å². The zero-order valence-corrected chi connectivity index (χ0v) is 21.1. The van der Waals surface area contributed by atoms with E-state index in [1.54, 1.807) is 6.20 Å². The van der Waals surface area contributed by atoms with E-state index in [4.69, 9.17) is 5.73 Å². The molecule has 0 radical (unpaired) electrons. The van der Waals surface area contributed by atoms with Crippen molar-refractivity contribution in [3.63, 3.8) is 0 Å². The highest BCUT2D eigenvalue weighted by Gasteiger charge is 2.36. The molecule has 8 heteroatoms. The molecule has 5 N–H and O–H groups in total. The number of imide groups is 1. The molecule has 2 aromatic carbocycles. The second kappa shape index (κ2) is 8.78. The molecule has 3 heterocycles. The van der Waals surface area contributed by atoms with Crippen molar-refractivity contribution in [3.8, 4) is 0 Å². The largest absolute Gasteiger partial charge is 0.389 e. The molecule has 180 valence electrons. The fourth-order valence-electron chi connectivity index (χ4n) is 4.96. The first-order valence-electron chi connectivity index (χ1n) is 11.7. The maximum atomic E-state index is 13.1. The summed E-state index contributed by atoms with van der Waals surface area (Å²) in [6, 6.07) is 13.5. The molecule has 2 aromatic heterocycles. The number of carbonyl (C=O) groups excluding carboxylic acids is 2. The van der Waals surface area contributed by atoms with Crippen LogP contribution in [0.15, 0.2) is 59.3 Å². The zero-order chi connectivity index (χ0) is 24.9. The number of nitrogens with one attached hydrogen (secondary N) is 2. The lowest BCUT2D eigenvalue weighted by atomic mass is 9.87. The van der Waals surface area contributed by atoms with Crippen LogP contribution >= 0.6 is 15.9 Å². The average molecular weight is 535 g/mol. The lowest BCUT2D eigenvalue weighted by Crippen LogP contribution is -2.51. The predicted molar refractivity (Wildman–Crippen MR) is 141 cm³/mol. The number of aliphatic hydroxyl groups excluding tert-OH is 1. The number of halogens is 1. The predicted octanol–water partition coefficient (Wildman–Crippen LogP) is 4.33. The van der Waals surface area contributed by atoms with Gasteiger partial charge in [-0.3, -0.25) is 14.9 Å². The Morgan fingerprint density at radius 1 is 1.03 bits per heavy atom. The van der Waals surface area contributed by atoms with Gasteiger partial charge in [0, 0.05) is 55.3 Å². The van der Waals surface area contributed by atoms with Crippen molar-refractivity contribution in [1.82, 2.24) is 14.9 Å². The van der Waals surface area contributed by atoms with Gasteiger partial charge in [-0.1, -0.05) is 48.0 Å². The van der Waals surface area contributed by atoms with Gasteiger partial charge in [-0.15, -0.1) is 0 Å². The first-order valence-corrected chi connectivity index (χ1v) is 12.5. The third-order valence-electron chi connectivity index (χ3n) is 7.25. The highest BCUT2D eigenvalue weighted by Crippen LogP contribution is 2.39. The molecule has 1 aliphatic heterocycles. The number of hydrogen-bond donors (Lipinski definition) is 4. The van der Waals surface area contributed by atoms with Crippen LogP contribution in [0.25, 0.3) is 33.0 Å². The minimum Gasteiger partial charge on any atom is -0.389 e. The number of aliphatic hydroxyl groups is 1. The van der Waals surface area contributed by atoms with E-state index in [0.717, 1.165) is 26.3 Å². The Balaban J connectivity index is 1.73. The van der Waals surface area contributed by atoms with Gasteiger partial charge in [0.25, 0.3) is 11.8 Å². The summed E-state index contributed by atoms with van der Waals surface area (Å²) >= 11 is 3.54. The average Bonchev–Trinajstić information content (AvgIpc) is 3.51. The van der Waals surface area contributed by atoms with Crippen molar-refractivity contribution in [2.75, 3.05) is 0 Å². The maximum absolute atomic E-state index is 13.1. The number of fused-ring (bicyclic) bond motifs is 2. The quantitative estimate of drug-likeness (QED) is 0.264. The Bertz CT molecular complexity index is 1510. The van der Waals surface area contributed by atoms with E-state index in [1.807, 2.05) is 67.1 Å². The van der Waals surface area contributed by atoms with Crippen molar-refractivity contribution in [2.45, 2.75) is 44.9 Å². The summed E-state index contributed by atoms with van der Waals surface area (Å²) in [5, 5.41) is 15.2. The lowest BCUT2D eigenvalue weighted by molar-refractivity contribution is -0.122. The maximum Gasteiger partial charge on any atom is 0.259 e. The monoisotopic (exact) mass is 534 g/mol. The molecule has 7 nitrogen and oxygen atoms in total. The number of amides is 2. The molecule has 1 unspecified atom stereocenters. The normalized spacial score (nSPS) is 15.5. The number of nitrogens with zero attached hydrogens (tertiary/aromatic N) is 1. The lowest BCUT2D eigenvalue weighted by Gasteiger charge is -2.32.